The van der Waals surface area contributed by atoms with Gasteiger partial charge < -0.3 is 10.6 Å². The smallest absolute Gasteiger partial charge is 0.254 e. The molecule has 1 atom stereocenters. The third-order valence-electron chi connectivity index (χ3n) is 5.43. The molecule has 1 aromatic rings. The lowest BCUT2D eigenvalue weighted by molar-refractivity contribution is -0.125. The van der Waals surface area contributed by atoms with Crippen molar-refractivity contribution in [3.05, 3.63) is 16.0 Å². The Hall–Kier alpha value is -1.93. The van der Waals surface area contributed by atoms with Crippen LogP contribution in [0, 0.1) is 17.8 Å². The number of carbonyl (C=O) groups excluding carboxylic acids is 3. The maximum Gasteiger partial charge on any atom is 0.254 e. The van der Waals surface area contributed by atoms with Crippen LogP contribution in [0.25, 0.3) is 0 Å². The zero-order chi connectivity index (χ0) is 18.3. The molecule has 0 bridgehead atoms. The standard InChI is InChI=1S/C18H24N4O3S/c19-22-16(24)11-5-6-13-12(7-11)14(17(25)20-8-9-1-2-9)18(26-13)21-15(23)10-3-4-10/h9-11H,1-8,19H2,(H,20,25)(H,21,23)(H,22,24). The molecule has 0 spiro atoms. The molecule has 26 heavy (non-hydrogen) atoms. The van der Waals surface area contributed by atoms with Crippen LogP contribution in [0.4, 0.5) is 5.00 Å². The minimum atomic E-state index is -0.232. The third-order valence-corrected chi connectivity index (χ3v) is 6.64. The summed E-state index contributed by atoms with van der Waals surface area (Å²) in [6.07, 6.45) is 6.06. The Bertz CT molecular complexity index is 752. The van der Waals surface area contributed by atoms with Gasteiger partial charge in [0.15, 0.2) is 0 Å². The van der Waals surface area contributed by atoms with Crippen molar-refractivity contribution in [2.45, 2.75) is 44.9 Å². The quantitative estimate of drug-likeness (QED) is 0.341. The normalized spacial score (nSPS) is 21.7. The van der Waals surface area contributed by atoms with Gasteiger partial charge in [-0.15, -0.1) is 11.3 Å². The average molecular weight is 376 g/mol. The SMILES string of the molecule is NNC(=O)C1CCc2sc(NC(=O)C3CC3)c(C(=O)NCC3CC3)c2C1. The van der Waals surface area contributed by atoms with Crippen LogP contribution in [-0.4, -0.2) is 24.3 Å². The molecular weight excluding hydrogens is 352 g/mol. The maximum atomic E-state index is 12.9. The second-order valence-electron chi connectivity index (χ2n) is 7.57. The summed E-state index contributed by atoms with van der Waals surface area (Å²) in [5.74, 6) is 5.36. The summed E-state index contributed by atoms with van der Waals surface area (Å²) < 4.78 is 0. The van der Waals surface area contributed by atoms with E-state index in [9.17, 15) is 14.4 Å². The molecule has 0 aromatic carbocycles. The first kappa shape index (κ1) is 17.5. The second kappa shape index (κ2) is 7.00. The number of hydrogen-bond donors (Lipinski definition) is 4. The molecule has 5 N–H and O–H groups in total. The van der Waals surface area contributed by atoms with Crippen LogP contribution in [0.2, 0.25) is 0 Å². The number of aryl methyl sites for hydroxylation is 1. The fourth-order valence-corrected chi connectivity index (χ4v) is 4.71. The number of hydrazine groups is 1. The van der Waals surface area contributed by atoms with Crippen molar-refractivity contribution < 1.29 is 14.4 Å². The number of carbonyl (C=O) groups is 3. The highest BCUT2D eigenvalue weighted by Gasteiger charge is 2.35. The van der Waals surface area contributed by atoms with Crippen molar-refractivity contribution in [2.75, 3.05) is 11.9 Å². The predicted molar refractivity (Wildman–Crippen MR) is 98.6 cm³/mol. The van der Waals surface area contributed by atoms with E-state index in [4.69, 9.17) is 5.84 Å². The second-order valence-corrected chi connectivity index (χ2v) is 8.68. The van der Waals surface area contributed by atoms with Gasteiger partial charge in [-0.25, -0.2) is 5.84 Å². The summed E-state index contributed by atoms with van der Waals surface area (Å²) in [5.41, 5.74) is 3.67. The Balaban J connectivity index is 1.60. The van der Waals surface area contributed by atoms with Gasteiger partial charge in [0.25, 0.3) is 5.91 Å². The summed E-state index contributed by atoms with van der Waals surface area (Å²) in [4.78, 5) is 38.2. The molecule has 0 aliphatic heterocycles. The molecule has 0 radical (unpaired) electrons. The number of fused-ring (bicyclic) bond motifs is 1. The molecule has 2 fully saturated rings. The van der Waals surface area contributed by atoms with Crippen LogP contribution in [0.1, 0.15) is 52.9 Å². The largest absolute Gasteiger partial charge is 0.352 e. The van der Waals surface area contributed by atoms with Gasteiger partial charge in [-0.3, -0.25) is 19.8 Å². The van der Waals surface area contributed by atoms with Crippen LogP contribution in [0.3, 0.4) is 0 Å². The molecule has 2 saturated carbocycles. The first-order valence-corrected chi connectivity index (χ1v) is 10.1. The first-order valence-electron chi connectivity index (χ1n) is 9.31. The number of nitrogens with one attached hydrogen (secondary N) is 3. The topological polar surface area (TPSA) is 113 Å². The minimum absolute atomic E-state index is 0.00362. The molecule has 3 aliphatic carbocycles. The summed E-state index contributed by atoms with van der Waals surface area (Å²) >= 11 is 1.48. The zero-order valence-electron chi connectivity index (χ0n) is 14.6. The van der Waals surface area contributed by atoms with Crippen LogP contribution in [0.5, 0.6) is 0 Å². The van der Waals surface area contributed by atoms with Gasteiger partial charge in [0.2, 0.25) is 11.8 Å². The molecule has 3 aliphatic rings. The van der Waals surface area contributed by atoms with Crippen molar-refractivity contribution in [2.24, 2.45) is 23.6 Å². The van der Waals surface area contributed by atoms with Crippen LogP contribution in [-0.2, 0) is 22.4 Å². The van der Waals surface area contributed by atoms with Crippen LogP contribution in [0.15, 0.2) is 0 Å². The van der Waals surface area contributed by atoms with E-state index in [0.29, 0.717) is 35.9 Å². The lowest BCUT2D eigenvalue weighted by atomic mass is 9.85. The molecule has 3 amide bonds. The Morgan fingerprint density at radius 2 is 1.81 bits per heavy atom. The van der Waals surface area contributed by atoms with E-state index in [1.165, 1.54) is 11.3 Å². The fourth-order valence-electron chi connectivity index (χ4n) is 3.46. The highest BCUT2D eigenvalue weighted by Crippen LogP contribution is 2.41. The molecule has 7 nitrogen and oxygen atoms in total. The number of hydrogen-bond acceptors (Lipinski definition) is 5. The Morgan fingerprint density at radius 3 is 2.46 bits per heavy atom. The molecule has 8 heteroatoms. The summed E-state index contributed by atoms with van der Waals surface area (Å²) in [6, 6.07) is 0. The molecule has 1 unspecified atom stereocenters. The van der Waals surface area contributed by atoms with Crippen LogP contribution >= 0.6 is 11.3 Å². The summed E-state index contributed by atoms with van der Waals surface area (Å²) in [6.45, 7) is 0.673. The molecule has 140 valence electrons. The highest BCUT2D eigenvalue weighted by atomic mass is 32.1. The number of thiophene rings is 1. The van der Waals surface area contributed by atoms with E-state index in [2.05, 4.69) is 16.1 Å². The molecule has 4 rings (SSSR count). The highest BCUT2D eigenvalue weighted by molar-refractivity contribution is 7.17. The Kier molecular flexibility index (Phi) is 4.71. The number of anilines is 1. The van der Waals surface area contributed by atoms with E-state index in [1.54, 1.807) is 0 Å². The number of amides is 3. The van der Waals surface area contributed by atoms with E-state index in [-0.39, 0.29) is 29.6 Å². The molecule has 0 saturated heterocycles. The van der Waals surface area contributed by atoms with Gasteiger partial charge in [-0.1, -0.05) is 0 Å². The zero-order valence-corrected chi connectivity index (χ0v) is 15.4. The van der Waals surface area contributed by atoms with Crippen molar-refractivity contribution in [1.82, 2.24) is 10.7 Å². The van der Waals surface area contributed by atoms with E-state index >= 15 is 0 Å². The third kappa shape index (κ3) is 3.61. The monoisotopic (exact) mass is 376 g/mol. The predicted octanol–water partition coefficient (Wildman–Crippen LogP) is 1.33. The van der Waals surface area contributed by atoms with Crippen molar-refractivity contribution >= 4 is 34.1 Å². The lowest BCUT2D eigenvalue weighted by Crippen LogP contribution is -2.38. The Labute approximate surface area is 156 Å². The van der Waals surface area contributed by atoms with E-state index in [0.717, 1.165) is 42.5 Å². The molecule has 1 heterocycles. The van der Waals surface area contributed by atoms with Gasteiger partial charge in [0.05, 0.1) is 5.56 Å². The first-order chi connectivity index (χ1) is 12.6. The number of nitrogens with two attached hydrogens (primary N) is 1. The summed E-state index contributed by atoms with van der Waals surface area (Å²) in [5, 5.41) is 6.60. The van der Waals surface area contributed by atoms with Gasteiger partial charge in [-0.2, -0.15) is 0 Å². The van der Waals surface area contributed by atoms with Gasteiger partial charge in [0.1, 0.15) is 5.00 Å². The number of rotatable bonds is 6. The van der Waals surface area contributed by atoms with Gasteiger partial charge >= 0.3 is 0 Å². The molecular formula is C18H24N4O3S. The van der Waals surface area contributed by atoms with Gasteiger partial charge in [-0.05, 0) is 56.4 Å². The Morgan fingerprint density at radius 1 is 1.04 bits per heavy atom. The van der Waals surface area contributed by atoms with Crippen LogP contribution < -0.4 is 21.9 Å². The van der Waals surface area contributed by atoms with E-state index in [1.807, 2.05) is 0 Å². The average Bonchev–Trinajstić information content (AvgIpc) is 3.54. The molecule has 1 aromatic heterocycles. The fraction of sp³-hybridized carbons (Fsp3) is 0.611. The minimum Gasteiger partial charge on any atom is -0.352 e. The van der Waals surface area contributed by atoms with Crippen molar-refractivity contribution in [3.63, 3.8) is 0 Å². The van der Waals surface area contributed by atoms with E-state index < -0.39 is 0 Å². The van der Waals surface area contributed by atoms with Crippen molar-refractivity contribution in [1.29, 1.82) is 0 Å². The lowest BCUT2D eigenvalue weighted by Gasteiger charge is -2.21. The van der Waals surface area contributed by atoms with Gasteiger partial charge in [0, 0.05) is 23.3 Å². The van der Waals surface area contributed by atoms with Crippen molar-refractivity contribution in [3.8, 4) is 0 Å². The maximum absolute atomic E-state index is 12.9. The summed E-state index contributed by atoms with van der Waals surface area (Å²) in [7, 11) is 0.